The van der Waals surface area contributed by atoms with Gasteiger partial charge in [-0.05, 0) is 36.2 Å². The molecule has 1 atom stereocenters. The molecule has 1 unspecified atom stereocenters. The fourth-order valence-electron chi connectivity index (χ4n) is 3.70. The van der Waals surface area contributed by atoms with Gasteiger partial charge in [-0.15, -0.1) is 0 Å². The van der Waals surface area contributed by atoms with Crippen molar-refractivity contribution in [3.8, 4) is 0 Å². The van der Waals surface area contributed by atoms with Crippen LogP contribution in [0.1, 0.15) is 72.6 Å². The van der Waals surface area contributed by atoms with E-state index in [1.807, 2.05) is 20.8 Å². The van der Waals surface area contributed by atoms with E-state index in [1.54, 1.807) is 6.92 Å². The standard InChI is InChI=1S/C21H35F3O2Si/c1-5-9-15-27(16-10-6-2,17-11-7-3)26-20(21(22,23)24)14-12-13-18(8-4)19(20)25/h12-14H,5-11,15-17H2,1-4H3. The maximum atomic E-state index is 14.3. The summed E-state index contributed by atoms with van der Waals surface area (Å²) < 4.78 is 48.9. The van der Waals surface area contributed by atoms with Crippen LogP contribution in [0.25, 0.3) is 0 Å². The molecule has 156 valence electrons. The predicted octanol–water partition coefficient (Wildman–Crippen LogP) is 7.13. The van der Waals surface area contributed by atoms with Crippen LogP contribution in [0.5, 0.6) is 0 Å². The molecule has 0 spiro atoms. The van der Waals surface area contributed by atoms with E-state index in [9.17, 15) is 18.0 Å². The molecule has 0 bridgehead atoms. The van der Waals surface area contributed by atoms with Gasteiger partial charge in [-0.1, -0.05) is 78.4 Å². The number of halogens is 3. The molecule has 0 saturated heterocycles. The monoisotopic (exact) mass is 404 g/mol. The Morgan fingerprint density at radius 1 is 0.963 bits per heavy atom. The summed E-state index contributed by atoms with van der Waals surface area (Å²) in [5.41, 5.74) is -2.60. The molecule has 0 aromatic rings. The molecule has 2 nitrogen and oxygen atoms in total. The molecule has 27 heavy (non-hydrogen) atoms. The highest BCUT2D eigenvalue weighted by Crippen LogP contribution is 2.45. The summed E-state index contributed by atoms with van der Waals surface area (Å²) >= 11 is 0. The first-order chi connectivity index (χ1) is 12.7. The molecule has 0 N–H and O–H groups in total. The Labute approximate surface area is 163 Å². The van der Waals surface area contributed by atoms with Crippen LogP contribution in [0.2, 0.25) is 18.1 Å². The van der Waals surface area contributed by atoms with Crippen molar-refractivity contribution in [2.24, 2.45) is 0 Å². The van der Waals surface area contributed by atoms with Gasteiger partial charge in [0.15, 0.2) is 8.32 Å². The first-order valence-corrected chi connectivity index (χ1v) is 12.9. The summed E-state index contributed by atoms with van der Waals surface area (Å²) in [5, 5.41) is 0. The molecule has 0 saturated carbocycles. The number of carbonyl (C=O) groups is 1. The third kappa shape index (κ3) is 5.80. The summed E-state index contributed by atoms with van der Waals surface area (Å²) in [5.74, 6) is -0.915. The minimum atomic E-state index is -4.75. The SMILES string of the molecule is CCCC[Si](CCCC)(CCCC)OC1(C(F)(F)F)C=CC=C(CC)C1=O. The van der Waals surface area contributed by atoms with E-state index in [4.69, 9.17) is 4.43 Å². The fourth-order valence-corrected chi connectivity index (χ4v) is 8.71. The largest absolute Gasteiger partial charge is 0.427 e. The number of rotatable bonds is 12. The second-order valence-corrected chi connectivity index (χ2v) is 11.6. The lowest BCUT2D eigenvalue weighted by Gasteiger charge is -2.43. The second-order valence-electron chi connectivity index (χ2n) is 7.56. The van der Waals surface area contributed by atoms with Gasteiger partial charge in [-0.25, -0.2) is 0 Å². The molecule has 1 aliphatic carbocycles. The molecule has 0 radical (unpaired) electrons. The quantitative estimate of drug-likeness (QED) is 0.324. The summed E-state index contributed by atoms with van der Waals surface area (Å²) in [6, 6.07) is 2.06. The van der Waals surface area contributed by atoms with Crippen LogP contribution in [0.15, 0.2) is 23.8 Å². The molecular formula is C21H35F3O2Si. The van der Waals surface area contributed by atoms with Crippen molar-refractivity contribution < 1.29 is 22.4 Å². The molecular weight excluding hydrogens is 369 g/mol. The van der Waals surface area contributed by atoms with Gasteiger partial charge in [0.05, 0.1) is 0 Å². The fraction of sp³-hybridized carbons (Fsp3) is 0.762. The minimum Gasteiger partial charge on any atom is -0.394 e. The van der Waals surface area contributed by atoms with E-state index in [1.165, 1.54) is 12.2 Å². The molecule has 0 aromatic carbocycles. The Balaban J connectivity index is 3.38. The number of carbonyl (C=O) groups excluding carboxylic acids is 1. The van der Waals surface area contributed by atoms with Crippen LogP contribution < -0.4 is 0 Å². The highest BCUT2D eigenvalue weighted by Gasteiger charge is 2.63. The molecule has 1 aliphatic rings. The van der Waals surface area contributed by atoms with E-state index in [2.05, 4.69) is 0 Å². The molecule has 0 amide bonds. The third-order valence-corrected chi connectivity index (χ3v) is 9.94. The zero-order chi connectivity index (χ0) is 20.6. The van der Waals surface area contributed by atoms with Crippen LogP contribution in [-0.4, -0.2) is 25.9 Å². The lowest BCUT2D eigenvalue weighted by molar-refractivity contribution is -0.226. The Kier molecular flexibility index (Phi) is 9.49. The molecule has 0 heterocycles. The van der Waals surface area contributed by atoms with Crippen molar-refractivity contribution in [3.63, 3.8) is 0 Å². The van der Waals surface area contributed by atoms with E-state index >= 15 is 0 Å². The van der Waals surface area contributed by atoms with Crippen LogP contribution >= 0.6 is 0 Å². The number of ketones is 1. The maximum Gasteiger partial charge on any atom is 0.427 e. The van der Waals surface area contributed by atoms with Gasteiger partial charge >= 0.3 is 6.18 Å². The smallest absolute Gasteiger partial charge is 0.394 e. The Morgan fingerprint density at radius 2 is 1.44 bits per heavy atom. The highest BCUT2D eigenvalue weighted by molar-refractivity contribution is 6.74. The minimum absolute atomic E-state index is 0.194. The molecule has 0 fully saturated rings. The van der Waals surface area contributed by atoms with Gasteiger partial charge < -0.3 is 4.43 Å². The van der Waals surface area contributed by atoms with Crippen molar-refractivity contribution in [2.75, 3.05) is 0 Å². The van der Waals surface area contributed by atoms with Crippen molar-refractivity contribution in [1.82, 2.24) is 0 Å². The average Bonchev–Trinajstić information content (AvgIpc) is 2.63. The zero-order valence-electron chi connectivity index (χ0n) is 17.3. The second kappa shape index (κ2) is 10.6. The normalized spacial score (nSPS) is 20.9. The van der Waals surface area contributed by atoms with Crippen molar-refractivity contribution in [1.29, 1.82) is 0 Å². The van der Waals surface area contributed by atoms with Crippen LogP contribution in [0.4, 0.5) is 13.2 Å². The van der Waals surface area contributed by atoms with Crippen molar-refractivity contribution in [3.05, 3.63) is 23.8 Å². The first-order valence-electron chi connectivity index (χ1n) is 10.4. The van der Waals surface area contributed by atoms with Gasteiger partial charge in [0.1, 0.15) is 0 Å². The van der Waals surface area contributed by atoms with Gasteiger partial charge in [0.25, 0.3) is 0 Å². The summed E-state index contributed by atoms with van der Waals surface area (Å²) in [6.07, 6.45) is 4.62. The lowest BCUT2D eigenvalue weighted by Crippen LogP contribution is -2.60. The third-order valence-electron chi connectivity index (χ3n) is 5.39. The predicted molar refractivity (Wildman–Crippen MR) is 107 cm³/mol. The van der Waals surface area contributed by atoms with Gasteiger partial charge in [0, 0.05) is 0 Å². The number of allylic oxidation sites excluding steroid dienone is 2. The molecule has 1 rings (SSSR count). The van der Waals surface area contributed by atoms with Gasteiger partial charge in [-0.2, -0.15) is 13.2 Å². The maximum absolute atomic E-state index is 14.3. The molecule has 6 heteroatoms. The van der Waals surface area contributed by atoms with Gasteiger partial charge in [0.2, 0.25) is 11.4 Å². The Bertz CT molecular complexity index is 518. The Morgan fingerprint density at radius 3 is 1.81 bits per heavy atom. The number of hydrogen-bond acceptors (Lipinski definition) is 2. The van der Waals surface area contributed by atoms with E-state index in [0.29, 0.717) is 18.1 Å². The summed E-state index contributed by atoms with van der Waals surface area (Å²) in [6.45, 7) is 7.84. The van der Waals surface area contributed by atoms with Crippen LogP contribution in [0, 0.1) is 0 Å². The number of Topliss-reactive ketones (excluding diaryl/α,β-unsaturated/α-hetero) is 1. The van der Waals surface area contributed by atoms with E-state index in [0.717, 1.165) is 44.6 Å². The van der Waals surface area contributed by atoms with Crippen LogP contribution in [0.3, 0.4) is 0 Å². The summed E-state index contributed by atoms with van der Waals surface area (Å²) in [4.78, 5) is 12.9. The van der Waals surface area contributed by atoms with E-state index < -0.39 is 25.9 Å². The molecule has 0 aromatic heterocycles. The highest BCUT2D eigenvalue weighted by atomic mass is 28.4. The van der Waals surface area contributed by atoms with Crippen LogP contribution in [-0.2, 0) is 9.22 Å². The lowest BCUT2D eigenvalue weighted by atomic mass is 9.86. The van der Waals surface area contributed by atoms with Crippen molar-refractivity contribution in [2.45, 2.75) is 103 Å². The topological polar surface area (TPSA) is 26.3 Å². The first kappa shape index (κ1) is 24.2. The Hall–Kier alpha value is -0.883. The van der Waals surface area contributed by atoms with Gasteiger partial charge in [-0.3, -0.25) is 4.79 Å². The summed E-state index contributed by atoms with van der Waals surface area (Å²) in [7, 11) is -2.73. The number of alkyl halides is 3. The van der Waals surface area contributed by atoms with Crippen molar-refractivity contribution >= 4 is 14.1 Å². The number of unbranched alkanes of at least 4 members (excludes halogenated alkanes) is 3. The number of hydrogen-bond donors (Lipinski definition) is 0. The zero-order valence-corrected chi connectivity index (χ0v) is 18.3. The molecule has 0 aliphatic heterocycles. The average molecular weight is 405 g/mol. The van der Waals surface area contributed by atoms with E-state index in [-0.39, 0.29) is 12.0 Å².